The highest BCUT2D eigenvalue weighted by molar-refractivity contribution is 5.71. The number of fused-ring (bicyclic) bond motifs is 1. The summed E-state index contributed by atoms with van der Waals surface area (Å²) in [6.07, 6.45) is -6.44. The minimum absolute atomic E-state index is 0.0674. The van der Waals surface area contributed by atoms with Crippen LogP contribution < -0.4 is 25.9 Å². The molecule has 9 nitrogen and oxygen atoms in total. The molecule has 3 aromatic rings. The van der Waals surface area contributed by atoms with Gasteiger partial charge in [-0.15, -0.1) is 5.10 Å². The van der Waals surface area contributed by atoms with Crippen LogP contribution in [-0.2, 0) is 13.0 Å². The van der Waals surface area contributed by atoms with Gasteiger partial charge in [-0.2, -0.15) is 13.2 Å². The maximum atomic E-state index is 14.5. The van der Waals surface area contributed by atoms with E-state index in [4.69, 9.17) is 19.6 Å². The van der Waals surface area contributed by atoms with Crippen molar-refractivity contribution in [2.24, 2.45) is 11.1 Å². The van der Waals surface area contributed by atoms with Crippen molar-refractivity contribution in [2.75, 3.05) is 4.90 Å². The lowest BCUT2D eigenvalue weighted by Crippen LogP contribution is -2.61. The fourth-order valence-corrected chi connectivity index (χ4v) is 4.41. The third kappa shape index (κ3) is 5.16. The molecule has 2 atom stereocenters. The number of amides is 1. The van der Waals surface area contributed by atoms with Crippen molar-refractivity contribution in [3.63, 3.8) is 0 Å². The maximum Gasteiger partial charge on any atom is 0.434 e. The summed E-state index contributed by atoms with van der Waals surface area (Å²) in [5.41, 5.74) is 3.99. The average Bonchev–Trinajstić information content (AvgIpc) is 3.22. The van der Waals surface area contributed by atoms with Gasteiger partial charge in [-0.05, 0) is 38.0 Å². The highest BCUT2D eigenvalue weighted by Crippen LogP contribution is 2.50. The van der Waals surface area contributed by atoms with Crippen LogP contribution in [0.4, 0.5) is 23.7 Å². The molecular weight excluding hydrogens is 481 g/mol. The van der Waals surface area contributed by atoms with E-state index < -0.39 is 35.6 Å². The number of H-pyrrole nitrogens is 1. The van der Waals surface area contributed by atoms with Crippen LogP contribution in [0.3, 0.4) is 0 Å². The van der Waals surface area contributed by atoms with E-state index in [0.29, 0.717) is 11.4 Å². The van der Waals surface area contributed by atoms with E-state index in [0.717, 1.165) is 19.4 Å². The van der Waals surface area contributed by atoms with Crippen molar-refractivity contribution in [3.05, 3.63) is 70.5 Å². The number of aryl methyl sites for hydroxylation is 1. The molecule has 3 N–H and O–H groups in total. The zero-order valence-electron chi connectivity index (χ0n) is 19.5. The fraction of sp³-hybridized carbons (Fsp3) is 0.375. The first-order valence-corrected chi connectivity index (χ1v) is 11.2. The van der Waals surface area contributed by atoms with E-state index in [9.17, 15) is 22.8 Å². The topological polar surface area (TPSA) is 124 Å². The van der Waals surface area contributed by atoms with Gasteiger partial charge in [-0.3, -0.25) is 0 Å². The van der Waals surface area contributed by atoms with Crippen LogP contribution >= 0.6 is 0 Å². The summed E-state index contributed by atoms with van der Waals surface area (Å²) in [4.78, 5) is 24.2. The molecule has 1 aliphatic heterocycles. The Balaban J connectivity index is 1.81. The number of hydrogen-bond donors (Lipinski definition) is 2. The average molecular weight is 506 g/mol. The van der Waals surface area contributed by atoms with Crippen molar-refractivity contribution in [1.82, 2.24) is 10.2 Å². The van der Waals surface area contributed by atoms with Crippen molar-refractivity contribution < 1.29 is 31.9 Å². The number of nitrogens with one attached hydrogen (secondary N) is 1. The maximum absolute atomic E-state index is 14.5. The zero-order chi connectivity index (χ0) is 26.1. The molecule has 4 rings (SSSR count). The number of primary amides is 1. The molecule has 12 heteroatoms. The molecule has 36 heavy (non-hydrogen) atoms. The largest absolute Gasteiger partial charge is 0.486 e. The van der Waals surface area contributed by atoms with Crippen molar-refractivity contribution in [3.8, 4) is 11.5 Å². The highest BCUT2D eigenvalue weighted by Gasteiger charge is 2.58. The van der Waals surface area contributed by atoms with E-state index in [-0.39, 0.29) is 31.0 Å². The van der Waals surface area contributed by atoms with E-state index >= 15 is 0 Å². The molecule has 1 aliphatic rings. The summed E-state index contributed by atoms with van der Waals surface area (Å²) in [5.74, 6) is -0.300. The number of anilines is 1. The molecule has 0 radical (unpaired) electrons. The molecule has 192 valence electrons. The Morgan fingerprint density at radius 3 is 2.53 bits per heavy atom. The number of carbonyl (C=O) groups is 1. The number of aromatic nitrogens is 2. The second-order valence-electron chi connectivity index (χ2n) is 9.03. The van der Waals surface area contributed by atoms with Crippen LogP contribution in [0.2, 0.25) is 0 Å². The van der Waals surface area contributed by atoms with Crippen LogP contribution in [0.5, 0.6) is 11.5 Å². The third-order valence-electron chi connectivity index (χ3n) is 6.22. The van der Waals surface area contributed by atoms with E-state index in [1.54, 1.807) is 17.0 Å². The first-order chi connectivity index (χ1) is 17.0. The summed E-state index contributed by atoms with van der Waals surface area (Å²) in [6, 6.07) is 12.2. The number of ether oxygens (including phenoxy) is 2. The van der Waals surface area contributed by atoms with Gasteiger partial charge in [-0.25, -0.2) is 14.7 Å². The van der Waals surface area contributed by atoms with Gasteiger partial charge in [0.2, 0.25) is 5.89 Å². The van der Waals surface area contributed by atoms with Crippen molar-refractivity contribution >= 4 is 11.8 Å². The standard InChI is InChI=1S/C24H25F3N4O5/c1-23(2,24(25,26)27)20-18(10-11-19-29-30-22(33)36-19)35-17-9-8-15(34-21(28)32)12-16(17)31(20)13-14-6-4-3-5-7-14/h3-9,12,18,20H,10-11,13H2,1-2H3,(H2,28,32)(H,30,33)/t18-,20?/m0/s1. The SMILES string of the molecule is CC(C)(C1[C@H](CCc2n[nH]c(=O)o2)Oc2ccc(OC(N)=O)cc2N1Cc1ccccc1)C(F)(F)F. The molecule has 1 unspecified atom stereocenters. The number of alkyl halides is 3. The molecule has 2 heterocycles. The van der Waals surface area contributed by atoms with Crippen molar-refractivity contribution in [2.45, 2.75) is 51.6 Å². The Kier molecular flexibility index (Phi) is 6.70. The Bertz CT molecular complexity index is 1270. The van der Waals surface area contributed by atoms with Gasteiger partial charge < -0.3 is 24.5 Å². The van der Waals surface area contributed by atoms with Gasteiger partial charge in [-0.1, -0.05) is 30.3 Å². The van der Waals surface area contributed by atoms with E-state index in [1.807, 2.05) is 18.2 Å². The van der Waals surface area contributed by atoms with Gasteiger partial charge in [0.25, 0.3) is 0 Å². The van der Waals surface area contributed by atoms with Crippen LogP contribution in [0.25, 0.3) is 0 Å². The lowest BCUT2D eigenvalue weighted by atomic mass is 9.77. The number of aromatic amines is 1. The number of rotatable bonds is 7. The molecule has 2 aromatic carbocycles. The fourth-order valence-electron chi connectivity index (χ4n) is 4.41. The minimum atomic E-state index is -4.59. The molecule has 1 aromatic heterocycles. The number of nitrogens with two attached hydrogens (primary N) is 1. The summed E-state index contributed by atoms with van der Waals surface area (Å²) >= 11 is 0. The van der Waals surface area contributed by atoms with Crippen LogP contribution in [0, 0.1) is 5.41 Å². The number of nitrogens with zero attached hydrogens (tertiary/aromatic N) is 2. The Morgan fingerprint density at radius 1 is 1.19 bits per heavy atom. The highest BCUT2D eigenvalue weighted by atomic mass is 19.4. The van der Waals surface area contributed by atoms with Gasteiger partial charge >= 0.3 is 18.0 Å². The first kappa shape index (κ1) is 25.1. The number of benzene rings is 2. The van der Waals surface area contributed by atoms with Crippen LogP contribution in [-0.4, -0.2) is 34.6 Å². The lowest BCUT2D eigenvalue weighted by molar-refractivity contribution is -0.226. The number of halogens is 3. The zero-order valence-corrected chi connectivity index (χ0v) is 19.5. The lowest BCUT2D eigenvalue weighted by Gasteiger charge is -2.50. The van der Waals surface area contributed by atoms with Gasteiger partial charge in [0.05, 0.1) is 17.1 Å². The summed E-state index contributed by atoms with van der Waals surface area (Å²) < 4.78 is 59.4. The summed E-state index contributed by atoms with van der Waals surface area (Å²) in [7, 11) is 0. The van der Waals surface area contributed by atoms with Gasteiger partial charge in [0.1, 0.15) is 17.6 Å². The quantitative estimate of drug-likeness (QED) is 0.493. The third-order valence-corrected chi connectivity index (χ3v) is 6.22. The molecular formula is C24H25F3N4O5. The minimum Gasteiger partial charge on any atom is -0.486 e. The second kappa shape index (κ2) is 9.59. The van der Waals surface area contributed by atoms with E-state index in [1.165, 1.54) is 18.2 Å². The first-order valence-electron chi connectivity index (χ1n) is 11.2. The van der Waals surface area contributed by atoms with Gasteiger partial charge in [0.15, 0.2) is 0 Å². The Hall–Kier alpha value is -3.96. The smallest absolute Gasteiger partial charge is 0.434 e. The second-order valence-corrected chi connectivity index (χ2v) is 9.03. The summed E-state index contributed by atoms with van der Waals surface area (Å²) in [5, 5.41) is 5.90. The predicted octanol–water partition coefficient (Wildman–Crippen LogP) is 4.18. The Labute approximate surface area is 204 Å². The Morgan fingerprint density at radius 2 is 1.92 bits per heavy atom. The number of carbonyl (C=O) groups excluding carboxylic acids is 1. The van der Waals surface area contributed by atoms with Gasteiger partial charge in [0, 0.05) is 19.0 Å². The normalized spacial score (nSPS) is 17.9. The predicted molar refractivity (Wildman–Crippen MR) is 123 cm³/mol. The molecule has 1 amide bonds. The summed E-state index contributed by atoms with van der Waals surface area (Å²) in [6.45, 7) is 2.36. The molecule has 0 aliphatic carbocycles. The molecule has 0 bridgehead atoms. The molecule has 0 saturated heterocycles. The van der Waals surface area contributed by atoms with Crippen LogP contribution in [0.15, 0.2) is 57.7 Å². The van der Waals surface area contributed by atoms with Crippen molar-refractivity contribution in [1.29, 1.82) is 0 Å². The number of hydrogen-bond acceptors (Lipinski definition) is 7. The van der Waals surface area contributed by atoms with E-state index in [2.05, 4.69) is 10.2 Å². The molecule has 0 spiro atoms. The molecule has 0 saturated carbocycles. The monoisotopic (exact) mass is 506 g/mol. The van der Waals surface area contributed by atoms with Crippen LogP contribution in [0.1, 0.15) is 31.7 Å². The molecule has 0 fully saturated rings.